The third kappa shape index (κ3) is 3.10. The molecule has 3 rings (SSSR count). The molecule has 4 heteroatoms. The van der Waals surface area contributed by atoms with E-state index in [9.17, 15) is 0 Å². The highest BCUT2D eigenvalue weighted by atomic mass is 79.9. The van der Waals surface area contributed by atoms with Crippen molar-refractivity contribution in [2.45, 2.75) is 20.3 Å². The van der Waals surface area contributed by atoms with Crippen LogP contribution in [0.3, 0.4) is 0 Å². The Balaban J connectivity index is 1.75. The van der Waals surface area contributed by atoms with Crippen molar-refractivity contribution in [3.8, 4) is 5.75 Å². The molecule has 0 bridgehead atoms. The number of aromatic nitrogens is 2. The van der Waals surface area contributed by atoms with Crippen LogP contribution in [0.4, 0.5) is 0 Å². The number of fused-ring (bicyclic) bond motifs is 1. The molecule has 3 aromatic rings. The van der Waals surface area contributed by atoms with E-state index >= 15 is 0 Å². The van der Waals surface area contributed by atoms with E-state index < -0.39 is 0 Å². The van der Waals surface area contributed by atoms with Crippen molar-refractivity contribution in [3.05, 3.63) is 64.1 Å². The minimum Gasteiger partial charge on any atom is -0.493 e. The van der Waals surface area contributed by atoms with Crippen LogP contribution in [0.5, 0.6) is 5.75 Å². The maximum absolute atomic E-state index is 5.81. The van der Waals surface area contributed by atoms with Gasteiger partial charge in [0.25, 0.3) is 0 Å². The first-order chi connectivity index (χ1) is 10.1. The van der Waals surface area contributed by atoms with Gasteiger partial charge in [0, 0.05) is 12.6 Å². The van der Waals surface area contributed by atoms with Gasteiger partial charge in [0.15, 0.2) is 0 Å². The lowest BCUT2D eigenvalue weighted by molar-refractivity contribution is 0.318. The van der Waals surface area contributed by atoms with E-state index in [4.69, 9.17) is 4.74 Å². The number of halogens is 1. The van der Waals surface area contributed by atoms with Crippen LogP contribution in [0.15, 0.2) is 47.2 Å². The van der Waals surface area contributed by atoms with Crippen molar-refractivity contribution in [1.29, 1.82) is 0 Å². The number of rotatable bonds is 4. The fraction of sp³-hybridized carbons (Fsp3) is 0.235. The van der Waals surface area contributed by atoms with Crippen LogP contribution in [-0.4, -0.2) is 16.0 Å². The van der Waals surface area contributed by atoms with Gasteiger partial charge < -0.3 is 9.14 Å². The Morgan fingerprint density at radius 3 is 2.81 bits per heavy atom. The summed E-state index contributed by atoms with van der Waals surface area (Å²) >= 11 is 3.52. The first-order valence-corrected chi connectivity index (χ1v) is 7.75. The number of nitrogens with zero attached hydrogens (tertiary/aromatic N) is 2. The number of imidazole rings is 1. The summed E-state index contributed by atoms with van der Waals surface area (Å²) in [6, 6.07) is 12.3. The fourth-order valence-electron chi connectivity index (χ4n) is 2.35. The van der Waals surface area contributed by atoms with Crippen molar-refractivity contribution in [3.63, 3.8) is 0 Å². The summed E-state index contributed by atoms with van der Waals surface area (Å²) in [6.45, 7) is 4.76. The molecular formula is C17H17BrN2O. The predicted octanol–water partition coefficient (Wildman–Crippen LogP) is 4.34. The fourth-order valence-corrected chi connectivity index (χ4v) is 2.88. The molecule has 0 atom stereocenters. The Hall–Kier alpha value is -1.81. The van der Waals surface area contributed by atoms with E-state index in [1.807, 2.05) is 18.2 Å². The number of pyridine rings is 1. The van der Waals surface area contributed by atoms with E-state index in [2.05, 4.69) is 63.6 Å². The summed E-state index contributed by atoms with van der Waals surface area (Å²) in [5, 5.41) is 0. The standard InChI is InChI=1S/C17H17BrN2O/c1-12-4-3-5-14(10-12)21-9-8-16-19-17(18)15-7-6-13(2)11-20(15)16/h3-7,10-11H,8-9H2,1-2H3. The summed E-state index contributed by atoms with van der Waals surface area (Å²) in [4.78, 5) is 4.58. The molecule has 0 unspecified atom stereocenters. The van der Waals surface area contributed by atoms with Gasteiger partial charge in [-0.1, -0.05) is 18.2 Å². The van der Waals surface area contributed by atoms with Gasteiger partial charge in [0.1, 0.15) is 16.2 Å². The Morgan fingerprint density at radius 2 is 2.00 bits per heavy atom. The van der Waals surface area contributed by atoms with Gasteiger partial charge in [-0.15, -0.1) is 0 Å². The zero-order valence-corrected chi connectivity index (χ0v) is 13.7. The highest BCUT2D eigenvalue weighted by Crippen LogP contribution is 2.20. The van der Waals surface area contributed by atoms with Crippen molar-refractivity contribution < 1.29 is 4.74 Å². The molecule has 108 valence electrons. The van der Waals surface area contributed by atoms with E-state index in [0.29, 0.717) is 6.61 Å². The summed E-state index contributed by atoms with van der Waals surface area (Å²) < 4.78 is 8.82. The maximum atomic E-state index is 5.81. The molecule has 1 aromatic carbocycles. The topological polar surface area (TPSA) is 26.5 Å². The molecular weight excluding hydrogens is 328 g/mol. The number of ether oxygens (including phenoxy) is 1. The summed E-state index contributed by atoms with van der Waals surface area (Å²) in [6.07, 6.45) is 2.87. The van der Waals surface area contributed by atoms with Gasteiger partial charge in [-0.3, -0.25) is 0 Å². The van der Waals surface area contributed by atoms with Crippen LogP contribution in [0.2, 0.25) is 0 Å². The van der Waals surface area contributed by atoms with Crippen molar-refractivity contribution in [2.75, 3.05) is 6.61 Å². The SMILES string of the molecule is Cc1cccc(OCCc2nc(Br)c3ccc(C)cn23)c1. The molecule has 21 heavy (non-hydrogen) atoms. The highest BCUT2D eigenvalue weighted by molar-refractivity contribution is 9.10. The molecule has 3 nitrogen and oxygen atoms in total. The van der Waals surface area contributed by atoms with Crippen LogP contribution in [-0.2, 0) is 6.42 Å². The molecule has 0 aliphatic carbocycles. The van der Waals surface area contributed by atoms with E-state index in [-0.39, 0.29) is 0 Å². The van der Waals surface area contributed by atoms with Crippen LogP contribution in [0, 0.1) is 13.8 Å². The average molecular weight is 345 g/mol. The monoisotopic (exact) mass is 344 g/mol. The molecule has 0 aliphatic rings. The third-order valence-corrected chi connectivity index (χ3v) is 3.98. The van der Waals surface area contributed by atoms with E-state index in [1.165, 1.54) is 11.1 Å². The second-order valence-corrected chi connectivity index (χ2v) is 5.95. The second kappa shape index (κ2) is 5.90. The zero-order valence-electron chi connectivity index (χ0n) is 12.1. The number of hydrogen-bond donors (Lipinski definition) is 0. The second-order valence-electron chi connectivity index (χ2n) is 5.20. The van der Waals surface area contributed by atoms with E-state index in [0.717, 1.165) is 28.1 Å². The molecule has 0 radical (unpaired) electrons. The lowest BCUT2D eigenvalue weighted by atomic mass is 10.2. The van der Waals surface area contributed by atoms with Gasteiger partial charge in [0.2, 0.25) is 0 Å². The van der Waals surface area contributed by atoms with Crippen LogP contribution in [0.1, 0.15) is 17.0 Å². The van der Waals surface area contributed by atoms with E-state index in [1.54, 1.807) is 0 Å². The predicted molar refractivity (Wildman–Crippen MR) is 88.0 cm³/mol. The molecule has 0 amide bonds. The highest BCUT2D eigenvalue weighted by Gasteiger charge is 2.09. The average Bonchev–Trinajstić information content (AvgIpc) is 2.75. The first-order valence-electron chi connectivity index (χ1n) is 6.96. The normalized spacial score (nSPS) is 11.0. The zero-order chi connectivity index (χ0) is 14.8. The van der Waals surface area contributed by atoms with Gasteiger partial charge in [-0.05, 0) is 59.1 Å². The molecule has 0 N–H and O–H groups in total. The Bertz CT molecular complexity index is 780. The summed E-state index contributed by atoms with van der Waals surface area (Å²) in [5.74, 6) is 1.92. The minimum absolute atomic E-state index is 0.614. The number of aryl methyl sites for hydroxylation is 2. The van der Waals surface area contributed by atoms with Crippen molar-refractivity contribution in [1.82, 2.24) is 9.38 Å². The van der Waals surface area contributed by atoms with Crippen molar-refractivity contribution in [2.24, 2.45) is 0 Å². The summed E-state index contributed by atoms with van der Waals surface area (Å²) in [5.41, 5.74) is 3.51. The Morgan fingerprint density at radius 1 is 1.14 bits per heavy atom. The molecule has 0 fully saturated rings. The van der Waals surface area contributed by atoms with Gasteiger partial charge in [0.05, 0.1) is 12.1 Å². The molecule has 0 saturated heterocycles. The van der Waals surface area contributed by atoms with Gasteiger partial charge >= 0.3 is 0 Å². The van der Waals surface area contributed by atoms with Gasteiger partial charge in [-0.2, -0.15) is 0 Å². The molecule has 2 heterocycles. The van der Waals surface area contributed by atoms with Crippen LogP contribution >= 0.6 is 15.9 Å². The van der Waals surface area contributed by atoms with Crippen molar-refractivity contribution >= 4 is 21.4 Å². The quantitative estimate of drug-likeness (QED) is 0.703. The van der Waals surface area contributed by atoms with Crippen LogP contribution < -0.4 is 4.74 Å². The maximum Gasteiger partial charge on any atom is 0.132 e. The molecule has 2 aromatic heterocycles. The minimum atomic E-state index is 0.614. The molecule has 0 spiro atoms. The largest absolute Gasteiger partial charge is 0.493 e. The Kier molecular flexibility index (Phi) is 3.97. The lowest BCUT2D eigenvalue weighted by Crippen LogP contribution is -2.05. The molecule has 0 saturated carbocycles. The lowest BCUT2D eigenvalue weighted by Gasteiger charge is -2.06. The smallest absolute Gasteiger partial charge is 0.132 e. The van der Waals surface area contributed by atoms with Crippen LogP contribution in [0.25, 0.3) is 5.52 Å². The number of hydrogen-bond acceptors (Lipinski definition) is 2. The Labute approximate surface area is 132 Å². The summed E-state index contributed by atoms with van der Waals surface area (Å²) in [7, 11) is 0. The third-order valence-electron chi connectivity index (χ3n) is 3.40. The van der Waals surface area contributed by atoms with Gasteiger partial charge in [-0.25, -0.2) is 4.98 Å². The molecule has 0 aliphatic heterocycles. The first kappa shape index (κ1) is 14.1. The number of benzene rings is 1.